The van der Waals surface area contributed by atoms with Crippen LogP contribution in [0.3, 0.4) is 0 Å². The first-order valence-corrected chi connectivity index (χ1v) is 10.6. The number of fused-ring (bicyclic) bond motifs is 1. The van der Waals surface area contributed by atoms with E-state index in [1.54, 1.807) is 35.2 Å². The second kappa shape index (κ2) is 7.10. The predicted molar refractivity (Wildman–Crippen MR) is 103 cm³/mol. The van der Waals surface area contributed by atoms with Gasteiger partial charge in [-0.15, -0.1) is 0 Å². The molecule has 7 nitrogen and oxygen atoms in total. The first-order chi connectivity index (χ1) is 13.4. The summed E-state index contributed by atoms with van der Waals surface area (Å²) in [5, 5.41) is 0. The molecule has 28 heavy (non-hydrogen) atoms. The maximum Gasteiger partial charge on any atom is 0.257 e. The molecule has 0 atom stereocenters. The second-order valence-electron chi connectivity index (χ2n) is 6.98. The fourth-order valence-electron chi connectivity index (χ4n) is 3.42. The molecule has 1 amide bonds. The van der Waals surface area contributed by atoms with Gasteiger partial charge in [-0.25, -0.2) is 8.42 Å². The molecule has 2 aromatic carbocycles. The van der Waals surface area contributed by atoms with Crippen LogP contribution in [0.15, 0.2) is 41.3 Å². The van der Waals surface area contributed by atoms with Gasteiger partial charge in [-0.1, -0.05) is 12.1 Å². The minimum Gasteiger partial charge on any atom is -0.454 e. The number of nitrogens with zero attached hydrogens (tertiary/aromatic N) is 2. The van der Waals surface area contributed by atoms with Crippen LogP contribution in [0.2, 0.25) is 0 Å². The highest BCUT2D eigenvalue weighted by Crippen LogP contribution is 2.36. The number of rotatable bonds is 3. The summed E-state index contributed by atoms with van der Waals surface area (Å²) < 4.78 is 38.1. The number of aryl methyl sites for hydroxylation is 2. The van der Waals surface area contributed by atoms with Crippen molar-refractivity contribution in [2.75, 3.05) is 33.0 Å². The van der Waals surface area contributed by atoms with Gasteiger partial charge in [-0.05, 0) is 49.2 Å². The maximum absolute atomic E-state index is 12.9. The molecule has 2 heterocycles. The summed E-state index contributed by atoms with van der Waals surface area (Å²) in [7, 11) is -3.57. The molecule has 8 heteroatoms. The lowest BCUT2D eigenvalue weighted by molar-refractivity contribution is 0.0693. The number of hydrogen-bond donors (Lipinski definition) is 0. The average Bonchev–Trinajstić information content (AvgIpc) is 3.18. The highest BCUT2D eigenvalue weighted by molar-refractivity contribution is 7.89. The molecule has 2 aliphatic heterocycles. The van der Waals surface area contributed by atoms with Crippen molar-refractivity contribution in [3.8, 4) is 11.5 Å². The molecule has 2 aromatic rings. The summed E-state index contributed by atoms with van der Waals surface area (Å²) in [5.41, 5.74) is 2.44. The van der Waals surface area contributed by atoms with Crippen molar-refractivity contribution in [2.24, 2.45) is 0 Å². The van der Waals surface area contributed by atoms with Crippen LogP contribution in [0.25, 0.3) is 0 Å². The summed E-state index contributed by atoms with van der Waals surface area (Å²) >= 11 is 0. The number of ether oxygens (including phenoxy) is 2. The molecular formula is C20H22N2O5S. The Morgan fingerprint density at radius 1 is 0.964 bits per heavy atom. The lowest BCUT2D eigenvalue weighted by atomic mass is 10.1. The van der Waals surface area contributed by atoms with Crippen LogP contribution < -0.4 is 9.47 Å². The van der Waals surface area contributed by atoms with Gasteiger partial charge in [0.25, 0.3) is 5.91 Å². The van der Waals surface area contributed by atoms with Crippen molar-refractivity contribution in [1.82, 2.24) is 9.21 Å². The Bertz CT molecular complexity index is 1030. The van der Waals surface area contributed by atoms with E-state index in [0.717, 1.165) is 11.1 Å². The largest absolute Gasteiger partial charge is 0.454 e. The molecule has 2 aliphatic rings. The average molecular weight is 402 g/mol. The Morgan fingerprint density at radius 3 is 2.43 bits per heavy atom. The van der Waals surface area contributed by atoms with Gasteiger partial charge in [0.15, 0.2) is 11.5 Å². The summed E-state index contributed by atoms with van der Waals surface area (Å²) in [6.45, 7) is 5.11. The molecule has 0 aliphatic carbocycles. The van der Waals surface area contributed by atoms with Crippen molar-refractivity contribution in [1.29, 1.82) is 0 Å². The molecule has 0 spiro atoms. The Labute approximate surface area is 164 Å². The van der Waals surface area contributed by atoms with Crippen molar-refractivity contribution in [3.05, 3.63) is 53.1 Å². The number of carbonyl (C=O) groups excluding carboxylic acids is 1. The predicted octanol–water partition coefficient (Wildman–Crippen LogP) is 2.18. The standard InChI is InChI=1S/C20H22N2O5S/c1-14-6-7-16(12-15(14)2)28(24,25)22-10-8-21(9-11-22)20(23)17-4-3-5-18-19(17)27-13-26-18/h3-7,12H,8-11,13H2,1-2H3. The Balaban J connectivity index is 1.48. The molecule has 1 fully saturated rings. The number of para-hydroxylation sites is 1. The molecule has 0 radical (unpaired) electrons. The first-order valence-electron chi connectivity index (χ1n) is 9.13. The van der Waals surface area contributed by atoms with E-state index in [4.69, 9.17) is 9.47 Å². The van der Waals surface area contributed by atoms with Crippen molar-refractivity contribution >= 4 is 15.9 Å². The van der Waals surface area contributed by atoms with Crippen LogP contribution in [-0.2, 0) is 10.0 Å². The summed E-state index contributed by atoms with van der Waals surface area (Å²) in [5.74, 6) is 0.838. The van der Waals surface area contributed by atoms with Gasteiger partial charge < -0.3 is 14.4 Å². The summed E-state index contributed by atoms with van der Waals surface area (Å²) in [6.07, 6.45) is 0. The summed E-state index contributed by atoms with van der Waals surface area (Å²) in [4.78, 5) is 14.8. The third-order valence-corrected chi connectivity index (χ3v) is 7.16. The van der Waals surface area contributed by atoms with Gasteiger partial charge >= 0.3 is 0 Å². The quantitative estimate of drug-likeness (QED) is 0.787. The van der Waals surface area contributed by atoms with E-state index in [0.29, 0.717) is 35.0 Å². The van der Waals surface area contributed by atoms with Crippen LogP contribution in [0.4, 0.5) is 0 Å². The lowest BCUT2D eigenvalue weighted by Crippen LogP contribution is -2.50. The third kappa shape index (κ3) is 3.22. The lowest BCUT2D eigenvalue weighted by Gasteiger charge is -2.34. The Morgan fingerprint density at radius 2 is 1.71 bits per heavy atom. The summed E-state index contributed by atoms with van der Waals surface area (Å²) in [6, 6.07) is 10.4. The molecule has 4 rings (SSSR count). The number of amides is 1. The second-order valence-corrected chi connectivity index (χ2v) is 8.92. The molecule has 0 N–H and O–H groups in total. The van der Waals surface area contributed by atoms with Gasteiger partial charge in [0.2, 0.25) is 16.8 Å². The molecule has 0 aromatic heterocycles. The monoisotopic (exact) mass is 402 g/mol. The fourth-order valence-corrected chi connectivity index (χ4v) is 4.93. The number of piperazine rings is 1. The van der Waals surface area contributed by atoms with Crippen molar-refractivity contribution in [3.63, 3.8) is 0 Å². The van der Waals surface area contributed by atoms with Gasteiger partial charge in [0.05, 0.1) is 10.5 Å². The smallest absolute Gasteiger partial charge is 0.257 e. The van der Waals surface area contributed by atoms with Crippen molar-refractivity contribution < 1.29 is 22.7 Å². The maximum atomic E-state index is 12.9. The van der Waals surface area contributed by atoms with E-state index in [1.807, 2.05) is 19.9 Å². The first kappa shape index (κ1) is 18.8. The van der Waals surface area contributed by atoms with Crippen LogP contribution in [0.1, 0.15) is 21.5 Å². The van der Waals surface area contributed by atoms with E-state index in [-0.39, 0.29) is 25.8 Å². The van der Waals surface area contributed by atoms with Gasteiger partial charge in [-0.2, -0.15) is 4.31 Å². The zero-order chi connectivity index (χ0) is 19.9. The molecule has 0 unspecified atom stereocenters. The molecule has 0 bridgehead atoms. The van der Waals surface area contributed by atoms with Gasteiger partial charge in [0.1, 0.15) is 0 Å². The highest BCUT2D eigenvalue weighted by Gasteiger charge is 2.32. The highest BCUT2D eigenvalue weighted by atomic mass is 32.2. The van der Waals surface area contributed by atoms with E-state index < -0.39 is 10.0 Å². The third-order valence-electron chi connectivity index (χ3n) is 5.27. The Kier molecular flexibility index (Phi) is 4.76. The molecule has 148 valence electrons. The SMILES string of the molecule is Cc1ccc(S(=O)(=O)N2CCN(C(=O)c3cccc4c3OCO4)CC2)cc1C. The van der Waals surface area contributed by atoms with E-state index in [1.165, 1.54) is 4.31 Å². The fraction of sp³-hybridized carbons (Fsp3) is 0.350. The van der Waals surface area contributed by atoms with E-state index >= 15 is 0 Å². The number of carbonyl (C=O) groups is 1. The molecule has 1 saturated heterocycles. The van der Waals surface area contributed by atoms with E-state index in [9.17, 15) is 13.2 Å². The van der Waals surface area contributed by atoms with Crippen LogP contribution >= 0.6 is 0 Å². The van der Waals surface area contributed by atoms with Crippen LogP contribution in [0.5, 0.6) is 11.5 Å². The zero-order valence-electron chi connectivity index (χ0n) is 15.8. The molecular weight excluding hydrogens is 380 g/mol. The van der Waals surface area contributed by atoms with Crippen LogP contribution in [-0.4, -0.2) is 56.5 Å². The number of sulfonamides is 1. The van der Waals surface area contributed by atoms with E-state index in [2.05, 4.69) is 0 Å². The zero-order valence-corrected chi connectivity index (χ0v) is 16.7. The van der Waals surface area contributed by atoms with Crippen LogP contribution in [0, 0.1) is 13.8 Å². The normalized spacial score (nSPS) is 17.0. The topological polar surface area (TPSA) is 76.2 Å². The van der Waals surface area contributed by atoms with Gasteiger partial charge in [-0.3, -0.25) is 4.79 Å². The minimum atomic E-state index is -3.57. The number of benzene rings is 2. The minimum absolute atomic E-state index is 0.0988. The Hall–Kier alpha value is -2.58. The molecule has 0 saturated carbocycles. The van der Waals surface area contributed by atoms with Crippen molar-refractivity contribution in [2.45, 2.75) is 18.7 Å². The van der Waals surface area contributed by atoms with Gasteiger partial charge in [0, 0.05) is 26.2 Å². The number of hydrogen-bond acceptors (Lipinski definition) is 5.